The number of aromatic nitrogens is 1. The van der Waals surface area contributed by atoms with Gasteiger partial charge in [0.15, 0.2) is 0 Å². The van der Waals surface area contributed by atoms with E-state index in [0.29, 0.717) is 13.2 Å². The molecule has 0 spiro atoms. The Kier molecular flexibility index (Phi) is 4.85. The van der Waals surface area contributed by atoms with Crippen molar-refractivity contribution in [2.45, 2.75) is 6.10 Å². The molecule has 2 N–H and O–H groups in total. The number of nitrogens with one attached hydrogen (secondary N) is 2. The van der Waals surface area contributed by atoms with Gasteiger partial charge in [-0.05, 0) is 31.3 Å². The molecule has 3 rings (SSSR count). The minimum atomic E-state index is -0.442. The van der Waals surface area contributed by atoms with Gasteiger partial charge in [-0.2, -0.15) is 0 Å². The molecule has 1 aliphatic heterocycles. The molecule has 1 atom stereocenters. The number of nitrogens with zero attached hydrogens (tertiary/aromatic N) is 2. The van der Waals surface area contributed by atoms with E-state index in [9.17, 15) is 4.79 Å². The van der Waals surface area contributed by atoms with E-state index in [1.165, 1.54) is 0 Å². The van der Waals surface area contributed by atoms with Gasteiger partial charge in [0.05, 0.1) is 18.0 Å². The summed E-state index contributed by atoms with van der Waals surface area (Å²) in [5.74, 6) is -0.125. The number of para-hydroxylation sites is 2. The zero-order valence-electron chi connectivity index (χ0n) is 13.0. The molecule has 120 valence electrons. The SMILES string of the molecule is CN1CCO[C@@H](C(=O)Nc2ccccc2Nc2ccncc2)C1. The van der Waals surface area contributed by atoms with Crippen molar-refractivity contribution >= 4 is 23.0 Å². The largest absolute Gasteiger partial charge is 0.366 e. The standard InChI is InChI=1S/C17H20N4O2/c1-21-10-11-23-16(12-21)17(22)20-15-5-3-2-4-14(15)19-13-6-8-18-9-7-13/h2-9,16H,10-12H2,1H3,(H,18,19)(H,20,22)/t16-/m1/s1. The van der Waals surface area contributed by atoms with Gasteiger partial charge in [0.2, 0.25) is 0 Å². The number of hydrogen-bond acceptors (Lipinski definition) is 5. The summed E-state index contributed by atoms with van der Waals surface area (Å²) in [4.78, 5) is 18.5. The van der Waals surface area contributed by atoms with E-state index in [0.717, 1.165) is 23.6 Å². The summed E-state index contributed by atoms with van der Waals surface area (Å²) < 4.78 is 5.56. The van der Waals surface area contributed by atoms with E-state index in [2.05, 4.69) is 20.5 Å². The van der Waals surface area contributed by atoms with Gasteiger partial charge in [0.1, 0.15) is 6.10 Å². The molecule has 0 unspecified atom stereocenters. The van der Waals surface area contributed by atoms with E-state index < -0.39 is 6.10 Å². The van der Waals surface area contributed by atoms with Crippen LogP contribution in [0.5, 0.6) is 0 Å². The first kappa shape index (κ1) is 15.5. The number of rotatable bonds is 4. The summed E-state index contributed by atoms with van der Waals surface area (Å²) in [6.07, 6.45) is 2.99. The Morgan fingerprint density at radius 2 is 1.96 bits per heavy atom. The third-order valence-corrected chi connectivity index (χ3v) is 3.71. The molecule has 0 aliphatic carbocycles. The van der Waals surface area contributed by atoms with Gasteiger partial charge in [-0.1, -0.05) is 12.1 Å². The van der Waals surface area contributed by atoms with Crippen molar-refractivity contribution in [2.24, 2.45) is 0 Å². The fraction of sp³-hybridized carbons (Fsp3) is 0.294. The third-order valence-electron chi connectivity index (χ3n) is 3.71. The molecule has 2 heterocycles. The first-order valence-corrected chi connectivity index (χ1v) is 7.59. The molecule has 1 aliphatic rings. The molecule has 1 aromatic heterocycles. The van der Waals surface area contributed by atoms with Crippen LogP contribution in [-0.4, -0.2) is 48.6 Å². The molecule has 23 heavy (non-hydrogen) atoms. The number of hydrogen-bond donors (Lipinski definition) is 2. The molecule has 1 aromatic carbocycles. The Balaban J connectivity index is 1.71. The normalized spacial score (nSPS) is 18.4. The molecular formula is C17H20N4O2. The predicted octanol–water partition coefficient (Wildman–Crippen LogP) is 2.09. The van der Waals surface area contributed by atoms with Gasteiger partial charge >= 0.3 is 0 Å². The van der Waals surface area contributed by atoms with Crippen molar-refractivity contribution in [3.05, 3.63) is 48.8 Å². The fourth-order valence-electron chi connectivity index (χ4n) is 2.44. The lowest BCUT2D eigenvalue weighted by molar-refractivity contribution is -0.132. The van der Waals surface area contributed by atoms with Gasteiger partial charge in [0.25, 0.3) is 5.91 Å². The summed E-state index contributed by atoms with van der Waals surface area (Å²) >= 11 is 0. The smallest absolute Gasteiger partial charge is 0.254 e. The lowest BCUT2D eigenvalue weighted by Crippen LogP contribution is -2.46. The van der Waals surface area contributed by atoms with Gasteiger partial charge in [-0.25, -0.2) is 0 Å². The predicted molar refractivity (Wildman–Crippen MR) is 89.8 cm³/mol. The van der Waals surface area contributed by atoms with Crippen molar-refractivity contribution in [3.63, 3.8) is 0 Å². The van der Waals surface area contributed by atoms with E-state index in [4.69, 9.17) is 4.74 Å². The number of carbonyl (C=O) groups is 1. The molecule has 1 saturated heterocycles. The molecular weight excluding hydrogens is 292 g/mol. The average molecular weight is 312 g/mol. The number of morpholine rings is 1. The Bertz CT molecular complexity index is 663. The highest BCUT2D eigenvalue weighted by Crippen LogP contribution is 2.25. The van der Waals surface area contributed by atoms with E-state index in [1.807, 2.05) is 43.4 Å². The van der Waals surface area contributed by atoms with Crippen molar-refractivity contribution in [3.8, 4) is 0 Å². The molecule has 0 radical (unpaired) electrons. The first-order valence-electron chi connectivity index (χ1n) is 7.59. The van der Waals surface area contributed by atoms with Crippen LogP contribution in [0, 0.1) is 0 Å². The van der Waals surface area contributed by atoms with Crippen molar-refractivity contribution in [1.82, 2.24) is 9.88 Å². The summed E-state index contributed by atoms with van der Waals surface area (Å²) in [7, 11) is 1.99. The zero-order chi connectivity index (χ0) is 16.1. The van der Waals surface area contributed by atoms with Crippen molar-refractivity contribution in [1.29, 1.82) is 0 Å². The Labute approximate surface area is 135 Å². The maximum absolute atomic E-state index is 12.4. The Hall–Kier alpha value is -2.44. The maximum Gasteiger partial charge on any atom is 0.254 e. The van der Waals surface area contributed by atoms with Gasteiger partial charge < -0.3 is 20.3 Å². The number of anilines is 3. The van der Waals surface area contributed by atoms with E-state index in [1.54, 1.807) is 12.4 Å². The van der Waals surface area contributed by atoms with Crippen molar-refractivity contribution in [2.75, 3.05) is 37.4 Å². The highest BCUT2D eigenvalue weighted by molar-refractivity contribution is 5.97. The van der Waals surface area contributed by atoms with Gasteiger partial charge in [-0.15, -0.1) is 0 Å². The van der Waals surface area contributed by atoms with E-state index in [-0.39, 0.29) is 5.91 Å². The minimum Gasteiger partial charge on any atom is -0.366 e. The van der Waals surface area contributed by atoms with Gasteiger partial charge in [-0.3, -0.25) is 9.78 Å². The topological polar surface area (TPSA) is 66.5 Å². The third kappa shape index (κ3) is 4.06. The van der Waals surface area contributed by atoms with Gasteiger partial charge in [0, 0.05) is 31.2 Å². The van der Waals surface area contributed by atoms with Crippen LogP contribution in [0.3, 0.4) is 0 Å². The van der Waals surface area contributed by atoms with Crippen LogP contribution >= 0.6 is 0 Å². The molecule has 1 amide bonds. The molecule has 1 fully saturated rings. The summed E-state index contributed by atoms with van der Waals surface area (Å²) in [6.45, 7) is 2.03. The number of benzene rings is 1. The molecule has 2 aromatic rings. The minimum absolute atomic E-state index is 0.125. The number of amides is 1. The van der Waals surface area contributed by atoms with Crippen LogP contribution in [0.4, 0.5) is 17.1 Å². The fourth-order valence-corrected chi connectivity index (χ4v) is 2.44. The highest BCUT2D eigenvalue weighted by atomic mass is 16.5. The number of ether oxygens (including phenoxy) is 1. The van der Waals surface area contributed by atoms with Crippen LogP contribution in [-0.2, 0) is 9.53 Å². The lowest BCUT2D eigenvalue weighted by atomic mass is 10.2. The van der Waals surface area contributed by atoms with Crippen LogP contribution in [0.1, 0.15) is 0 Å². The van der Waals surface area contributed by atoms with Crippen LogP contribution in [0.25, 0.3) is 0 Å². The second kappa shape index (κ2) is 7.21. The maximum atomic E-state index is 12.4. The van der Waals surface area contributed by atoms with Crippen molar-refractivity contribution < 1.29 is 9.53 Å². The lowest BCUT2D eigenvalue weighted by Gasteiger charge is -2.29. The molecule has 0 bridgehead atoms. The first-order chi connectivity index (χ1) is 11.2. The average Bonchev–Trinajstić information content (AvgIpc) is 2.57. The van der Waals surface area contributed by atoms with Crippen LogP contribution < -0.4 is 10.6 Å². The Morgan fingerprint density at radius 1 is 1.22 bits per heavy atom. The molecule has 6 heteroatoms. The van der Waals surface area contributed by atoms with E-state index >= 15 is 0 Å². The number of likely N-dealkylation sites (N-methyl/N-ethyl adjacent to an activating group) is 1. The quantitative estimate of drug-likeness (QED) is 0.905. The summed E-state index contributed by atoms with van der Waals surface area (Å²) in [5, 5.41) is 6.24. The van der Waals surface area contributed by atoms with Crippen LogP contribution in [0.15, 0.2) is 48.8 Å². The monoisotopic (exact) mass is 312 g/mol. The molecule has 0 saturated carbocycles. The molecule has 6 nitrogen and oxygen atoms in total. The summed E-state index contributed by atoms with van der Waals surface area (Å²) in [5.41, 5.74) is 2.47. The number of carbonyl (C=O) groups excluding carboxylic acids is 1. The number of pyridine rings is 1. The summed E-state index contributed by atoms with van der Waals surface area (Å²) in [6, 6.07) is 11.3. The second-order valence-corrected chi connectivity index (χ2v) is 5.52. The second-order valence-electron chi connectivity index (χ2n) is 5.52. The zero-order valence-corrected chi connectivity index (χ0v) is 13.0. The Morgan fingerprint density at radius 3 is 2.70 bits per heavy atom. The van der Waals surface area contributed by atoms with Crippen LogP contribution in [0.2, 0.25) is 0 Å². The highest BCUT2D eigenvalue weighted by Gasteiger charge is 2.25.